The minimum Gasteiger partial charge on any atom is -0.311 e. The van der Waals surface area contributed by atoms with Crippen LogP contribution in [0.25, 0.3) is 0 Å². The molecule has 92 valence electrons. The normalized spacial score (nSPS) is 10.2. The maximum absolute atomic E-state index is 12.7. The number of carbonyl (C=O) groups is 1. The van der Waals surface area contributed by atoms with E-state index in [9.17, 15) is 9.18 Å². The predicted octanol–water partition coefficient (Wildman–Crippen LogP) is 2.81. The molecule has 0 aliphatic rings. The van der Waals surface area contributed by atoms with E-state index < -0.39 is 5.95 Å². The molecule has 4 heteroatoms. The number of aromatic nitrogens is 1. The van der Waals surface area contributed by atoms with Crippen LogP contribution in [0.15, 0.2) is 42.6 Å². The molecule has 0 N–H and O–H groups in total. The Bertz CT molecular complexity index is 566. The van der Waals surface area contributed by atoms with E-state index in [1.54, 1.807) is 7.05 Å². The number of carbonyl (C=O) groups excluding carboxylic acids is 1. The molecule has 1 amide bonds. The molecule has 1 aromatic carbocycles. The second kappa shape index (κ2) is 4.96. The average Bonchev–Trinajstić information content (AvgIpc) is 2.38. The van der Waals surface area contributed by atoms with E-state index in [2.05, 4.69) is 4.98 Å². The molecule has 1 heterocycles. The summed E-state index contributed by atoms with van der Waals surface area (Å²) >= 11 is 0. The summed E-state index contributed by atoms with van der Waals surface area (Å²) in [6.07, 6.45) is 1.24. The van der Waals surface area contributed by atoms with Gasteiger partial charge in [0.15, 0.2) is 0 Å². The number of rotatable bonds is 2. The largest absolute Gasteiger partial charge is 0.311 e. The SMILES string of the molecule is Cc1ccccc1N(C)C(=O)c1ccc(F)nc1. The molecule has 0 saturated carbocycles. The summed E-state index contributed by atoms with van der Waals surface area (Å²) in [5, 5.41) is 0. The zero-order valence-corrected chi connectivity index (χ0v) is 10.2. The molecule has 0 fully saturated rings. The number of hydrogen-bond acceptors (Lipinski definition) is 2. The van der Waals surface area contributed by atoms with Crippen LogP contribution in [0.5, 0.6) is 0 Å². The molecular formula is C14H13FN2O. The predicted molar refractivity (Wildman–Crippen MR) is 68.1 cm³/mol. The molecule has 0 bridgehead atoms. The smallest absolute Gasteiger partial charge is 0.259 e. The van der Waals surface area contributed by atoms with Gasteiger partial charge in [0.1, 0.15) is 0 Å². The van der Waals surface area contributed by atoms with Gasteiger partial charge in [-0.3, -0.25) is 4.79 Å². The Morgan fingerprint density at radius 3 is 2.56 bits per heavy atom. The van der Waals surface area contributed by atoms with Crippen LogP contribution in [0.3, 0.4) is 0 Å². The summed E-state index contributed by atoms with van der Waals surface area (Å²) < 4.78 is 12.7. The van der Waals surface area contributed by atoms with Crippen molar-refractivity contribution in [2.24, 2.45) is 0 Å². The Balaban J connectivity index is 2.29. The second-order valence-corrected chi connectivity index (χ2v) is 4.02. The zero-order chi connectivity index (χ0) is 13.1. The van der Waals surface area contributed by atoms with Crippen molar-refractivity contribution in [1.82, 2.24) is 4.98 Å². The van der Waals surface area contributed by atoms with E-state index in [-0.39, 0.29) is 5.91 Å². The van der Waals surface area contributed by atoms with Crippen molar-refractivity contribution in [1.29, 1.82) is 0 Å². The first-order valence-corrected chi connectivity index (χ1v) is 5.55. The summed E-state index contributed by atoms with van der Waals surface area (Å²) in [4.78, 5) is 17.2. The molecule has 0 saturated heterocycles. The number of amides is 1. The van der Waals surface area contributed by atoms with Crippen molar-refractivity contribution in [2.45, 2.75) is 6.92 Å². The lowest BCUT2D eigenvalue weighted by atomic mass is 10.1. The fourth-order valence-electron chi connectivity index (χ4n) is 1.75. The molecule has 1 aromatic heterocycles. The summed E-state index contributed by atoms with van der Waals surface area (Å²) in [5.41, 5.74) is 2.19. The molecule has 0 aliphatic heterocycles. The number of nitrogens with zero attached hydrogens (tertiary/aromatic N) is 2. The molecule has 18 heavy (non-hydrogen) atoms. The lowest BCUT2D eigenvalue weighted by molar-refractivity contribution is 0.0992. The van der Waals surface area contributed by atoms with Gasteiger partial charge in [-0.25, -0.2) is 4.98 Å². The van der Waals surface area contributed by atoms with Crippen molar-refractivity contribution in [3.8, 4) is 0 Å². The summed E-state index contributed by atoms with van der Waals surface area (Å²) in [6.45, 7) is 1.93. The minimum absolute atomic E-state index is 0.211. The maximum atomic E-state index is 12.7. The Morgan fingerprint density at radius 1 is 1.22 bits per heavy atom. The fourth-order valence-corrected chi connectivity index (χ4v) is 1.75. The monoisotopic (exact) mass is 244 g/mol. The van der Waals surface area contributed by atoms with Gasteiger partial charge in [-0.2, -0.15) is 4.39 Å². The highest BCUT2D eigenvalue weighted by atomic mass is 19.1. The van der Waals surface area contributed by atoms with Crippen molar-refractivity contribution in [2.75, 3.05) is 11.9 Å². The van der Waals surface area contributed by atoms with E-state index in [0.717, 1.165) is 11.3 Å². The van der Waals surface area contributed by atoms with Gasteiger partial charge < -0.3 is 4.90 Å². The Morgan fingerprint density at radius 2 is 1.94 bits per heavy atom. The first-order chi connectivity index (χ1) is 8.59. The number of para-hydroxylation sites is 1. The third-order valence-electron chi connectivity index (χ3n) is 2.76. The third-order valence-corrected chi connectivity index (χ3v) is 2.76. The minimum atomic E-state index is -0.593. The molecule has 2 aromatic rings. The van der Waals surface area contributed by atoms with Crippen LogP contribution in [-0.2, 0) is 0 Å². The van der Waals surface area contributed by atoms with Crippen LogP contribution in [0.2, 0.25) is 0 Å². The quantitative estimate of drug-likeness (QED) is 0.761. The maximum Gasteiger partial charge on any atom is 0.259 e. The van der Waals surface area contributed by atoms with Crippen molar-refractivity contribution in [3.05, 3.63) is 59.7 Å². The molecule has 0 aliphatic carbocycles. The number of aryl methyl sites for hydroxylation is 1. The van der Waals surface area contributed by atoms with E-state index in [1.807, 2.05) is 31.2 Å². The van der Waals surface area contributed by atoms with Crippen LogP contribution in [-0.4, -0.2) is 17.9 Å². The molecule has 0 radical (unpaired) electrons. The lowest BCUT2D eigenvalue weighted by Gasteiger charge is -2.19. The summed E-state index contributed by atoms with van der Waals surface area (Å²) in [6, 6.07) is 10.2. The number of hydrogen-bond donors (Lipinski definition) is 0. The van der Waals surface area contributed by atoms with Crippen LogP contribution < -0.4 is 4.90 Å². The molecule has 0 spiro atoms. The van der Waals surface area contributed by atoms with Gasteiger partial charge in [-0.05, 0) is 30.7 Å². The standard InChI is InChI=1S/C14H13FN2O/c1-10-5-3-4-6-12(10)17(2)14(18)11-7-8-13(15)16-9-11/h3-9H,1-2H3. The molecule has 0 unspecified atom stereocenters. The van der Waals surface area contributed by atoms with Gasteiger partial charge in [-0.15, -0.1) is 0 Å². The van der Waals surface area contributed by atoms with Crippen molar-refractivity contribution in [3.63, 3.8) is 0 Å². The Labute approximate surface area is 105 Å². The van der Waals surface area contributed by atoms with E-state index in [4.69, 9.17) is 0 Å². The van der Waals surface area contributed by atoms with Crippen LogP contribution in [0.4, 0.5) is 10.1 Å². The third kappa shape index (κ3) is 2.37. The molecule has 2 rings (SSSR count). The highest BCUT2D eigenvalue weighted by Gasteiger charge is 2.15. The second-order valence-electron chi connectivity index (χ2n) is 4.02. The first kappa shape index (κ1) is 12.2. The van der Waals surface area contributed by atoms with E-state index in [1.165, 1.54) is 23.2 Å². The Kier molecular flexibility index (Phi) is 3.37. The van der Waals surface area contributed by atoms with Gasteiger partial charge >= 0.3 is 0 Å². The first-order valence-electron chi connectivity index (χ1n) is 5.55. The van der Waals surface area contributed by atoms with Crippen molar-refractivity contribution < 1.29 is 9.18 Å². The number of anilines is 1. The number of halogens is 1. The van der Waals surface area contributed by atoms with Crippen LogP contribution in [0.1, 0.15) is 15.9 Å². The van der Waals surface area contributed by atoms with Gasteiger partial charge in [-0.1, -0.05) is 18.2 Å². The van der Waals surface area contributed by atoms with Crippen LogP contribution in [0, 0.1) is 12.9 Å². The molecular weight excluding hydrogens is 231 g/mol. The summed E-state index contributed by atoms with van der Waals surface area (Å²) in [5.74, 6) is -0.804. The van der Waals surface area contributed by atoms with Gasteiger partial charge in [0.05, 0.1) is 5.56 Å². The topological polar surface area (TPSA) is 33.2 Å². The Hall–Kier alpha value is -2.23. The van der Waals surface area contributed by atoms with Crippen molar-refractivity contribution >= 4 is 11.6 Å². The molecule has 3 nitrogen and oxygen atoms in total. The van der Waals surface area contributed by atoms with Gasteiger partial charge in [0.2, 0.25) is 5.95 Å². The number of pyridine rings is 1. The van der Waals surface area contributed by atoms with Gasteiger partial charge in [0, 0.05) is 18.9 Å². The average molecular weight is 244 g/mol. The van der Waals surface area contributed by atoms with Crippen LogP contribution >= 0.6 is 0 Å². The molecule has 0 atom stereocenters. The van der Waals surface area contributed by atoms with E-state index in [0.29, 0.717) is 5.56 Å². The summed E-state index contributed by atoms with van der Waals surface area (Å²) in [7, 11) is 1.69. The number of benzene rings is 1. The van der Waals surface area contributed by atoms with E-state index >= 15 is 0 Å². The fraction of sp³-hybridized carbons (Fsp3) is 0.143. The highest BCUT2D eigenvalue weighted by molar-refractivity contribution is 6.05. The van der Waals surface area contributed by atoms with Gasteiger partial charge in [0.25, 0.3) is 5.91 Å². The zero-order valence-electron chi connectivity index (χ0n) is 10.2. The lowest BCUT2D eigenvalue weighted by Crippen LogP contribution is -2.27. The highest BCUT2D eigenvalue weighted by Crippen LogP contribution is 2.19.